The number of benzene rings is 2. The quantitative estimate of drug-likeness (QED) is 0.436. The summed E-state index contributed by atoms with van der Waals surface area (Å²) in [6.45, 7) is 4.71. The van der Waals surface area contributed by atoms with Gasteiger partial charge in [0.2, 0.25) is 0 Å². The zero-order valence-corrected chi connectivity index (χ0v) is 22.6. The number of nitrogens with one attached hydrogen (secondary N) is 1. The van der Waals surface area contributed by atoms with E-state index in [1.165, 1.54) is 15.7 Å². The van der Waals surface area contributed by atoms with Crippen molar-refractivity contribution in [2.75, 3.05) is 6.54 Å². The maximum absolute atomic E-state index is 12.5. The van der Waals surface area contributed by atoms with Gasteiger partial charge in [-0.25, -0.2) is 9.46 Å². The van der Waals surface area contributed by atoms with E-state index in [2.05, 4.69) is 77.2 Å². The van der Waals surface area contributed by atoms with Crippen molar-refractivity contribution in [3.63, 3.8) is 0 Å². The van der Waals surface area contributed by atoms with Gasteiger partial charge in [-0.2, -0.15) is 0 Å². The number of aryl methyl sites for hydroxylation is 1. The lowest BCUT2D eigenvalue weighted by Crippen LogP contribution is -2.33. The Hall–Kier alpha value is -2.61. The molecular weight excluding hydrogens is 501 g/mol. The first-order valence-corrected chi connectivity index (χ1v) is 14.6. The minimum absolute atomic E-state index is 0.0175. The largest absolute Gasteiger partial charge is 0.352 e. The molecule has 0 aliphatic carbocycles. The predicted octanol–water partition coefficient (Wildman–Crippen LogP) is 4.85. The molecule has 6 atom stereocenters. The zero-order chi connectivity index (χ0) is 26.2. The fourth-order valence-corrected chi connectivity index (χ4v) is 8.08. The first-order chi connectivity index (χ1) is 18.5. The van der Waals surface area contributed by atoms with Crippen molar-refractivity contribution in [1.29, 1.82) is 0 Å². The summed E-state index contributed by atoms with van der Waals surface area (Å²) in [7, 11) is -1.28. The molecule has 0 spiro atoms. The number of fused-ring (bicyclic) bond motifs is 1. The molecule has 0 unspecified atom stereocenters. The van der Waals surface area contributed by atoms with Gasteiger partial charge in [-0.3, -0.25) is 14.3 Å². The topological polar surface area (TPSA) is 85.8 Å². The van der Waals surface area contributed by atoms with Gasteiger partial charge in [0, 0.05) is 36.7 Å². The van der Waals surface area contributed by atoms with Crippen molar-refractivity contribution < 1.29 is 13.8 Å². The van der Waals surface area contributed by atoms with Crippen LogP contribution in [0.15, 0.2) is 76.4 Å². The highest BCUT2D eigenvalue weighted by Gasteiger charge is 2.52. The molecule has 3 aliphatic heterocycles. The molecule has 3 saturated heterocycles. The number of hydrogen-bond donors (Lipinski definition) is 1. The predicted molar refractivity (Wildman–Crippen MR) is 146 cm³/mol. The molecule has 4 heterocycles. The van der Waals surface area contributed by atoms with Crippen LogP contribution >= 0.6 is 8.53 Å². The number of ether oxygens (including phenoxy) is 1. The normalized spacial score (nSPS) is 29.2. The molecule has 3 aromatic rings. The lowest BCUT2D eigenvalue weighted by Gasteiger charge is -2.27. The van der Waals surface area contributed by atoms with E-state index in [-0.39, 0.29) is 35.8 Å². The van der Waals surface area contributed by atoms with E-state index in [1.54, 1.807) is 13.1 Å². The minimum atomic E-state index is -1.28. The molecule has 200 valence electrons. The van der Waals surface area contributed by atoms with Gasteiger partial charge < -0.3 is 13.8 Å². The van der Waals surface area contributed by atoms with Crippen LogP contribution in [0.2, 0.25) is 0 Å². The minimum Gasteiger partial charge on any atom is -0.352 e. The van der Waals surface area contributed by atoms with Gasteiger partial charge in [-0.15, -0.1) is 0 Å². The highest BCUT2D eigenvalue weighted by molar-refractivity contribution is 7.45. The van der Waals surface area contributed by atoms with Crippen LogP contribution in [0.4, 0.5) is 0 Å². The second-order valence-corrected chi connectivity index (χ2v) is 11.8. The lowest BCUT2D eigenvalue weighted by molar-refractivity contribution is -0.0190. The van der Waals surface area contributed by atoms with Crippen LogP contribution in [0.3, 0.4) is 0 Å². The Balaban J connectivity index is 1.25. The molecule has 3 aliphatic rings. The Labute approximate surface area is 223 Å². The molecule has 0 bridgehead atoms. The Kier molecular flexibility index (Phi) is 7.34. The third-order valence-corrected chi connectivity index (χ3v) is 9.77. The van der Waals surface area contributed by atoms with Gasteiger partial charge in [0.15, 0.2) is 0 Å². The van der Waals surface area contributed by atoms with E-state index in [0.717, 1.165) is 25.8 Å². The monoisotopic (exact) mass is 535 g/mol. The first-order valence-electron chi connectivity index (χ1n) is 13.5. The van der Waals surface area contributed by atoms with Crippen molar-refractivity contribution >= 4 is 8.53 Å². The van der Waals surface area contributed by atoms with E-state index >= 15 is 0 Å². The fraction of sp³-hybridized carbons (Fsp3) is 0.448. The highest BCUT2D eigenvalue weighted by Crippen LogP contribution is 2.60. The third-order valence-electron chi connectivity index (χ3n) is 7.98. The van der Waals surface area contributed by atoms with E-state index in [0.29, 0.717) is 12.0 Å². The van der Waals surface area contributed by atoms with Crippen molar-refractivity contribution in [3.8, 4) is 0 Å². The summed E-state index contributed by atoms with van der Waals surface area (Å²) in [5.41, 5.74) is 2.14. The standard InChI is InChI=1S/C29H34N3O5P/c1-3-23-24(17-25(35-23)31-18-19(2)28(33)30-29(31)34)36-38-32-16-10-15-22(32)27(37-38)26(20-11-6-4-7-12-20)21-13-8-5-9-14-21/h4-9,11-14,18,22-27H,3,10,15-17H2,1-2H3,(H,30,33,34)/t22-,23+,24+,25+,27-,38-/m0/s1. The van der Waals surface area contributed by atoms with Crippen molar-refractivity contribution in [2.24, 2.45) is 0 Å². The number of H-pyrrole nitrogens is 1. The number of nitrogens with zero attached hydrogens (tertiary/aromatic N) is 2. The average molecular weight is 536 g/mol. The number of rotatable bonds is 7. The Morgan fingerprint density at radius 1 is 1.08 bits per heavy atom. The molecule has 9 heteroatoms. The fourth-order valence-electron chi connectivity index (χ4n) is 6.07. The summed E-state index contributed by atoms with van der Waals surface area (Å²) < 4.78 is 23.8. The summed E-state index contributed by atoms with van der Waals surface area (Å²) in [6.07, 6.45) is 4.18. The molecule has 2 aromatic carbocycles. The summed E-state index contributed by atoms with van der Waals surface area (Å²) in [4.78, 5) is 26.8. The number of aromatic nitrogens is 2. The van der Waals surface area contributed by atoms with E-state index in [9.17, 15) is 9.59 Å². The summed E-state index contributed by atoms with van der Waals surface area (Å²) in [5, 5.41) is 0. The highest BCUT2D eigenvalue weighted by atomic mass is 31.2. The second kappa shape index (κ2) is 10.9. The average Bonchev–Trinajstić information content (AvgIpc) is 3.65. The van der Waals surface area contributed by atoms with E-state index < -0.39 is 20.4 Å². The molecule has 1 aromatic heterocycles. The van der Waals surface area contributed by atoms with Crippen molar-refractivity contribution in [2.45, 2.75) is 76.0 Å². The first kappa shape index (κ1) is 25.7. The van der Waals surface area contributed by atoms with Crippen molar-refractivity contribution in [3.05, 3.63) is 104 Å². The van der Waals surface area contributed by atoms with Gasteiger partial charge in [0.1, 0.15) is 6.23 Å². The maximum atomic E-state index is 12.5. The Bertz CT molecular complexity index is 1320. The van der Waals surface area contributed by atoms with Gasteiger partial charge in [-0.05, 0) is 37.3 Å². The molecule has 0 saturated carbocycles. The molecule has 8 nitrogen and oxygen atoms in total. The lowest BCUT2D eigenvalue weighted by atomic mass is 9.83. The zero-order valence-electron chi connectivity index (χ0n) is 21.7. The molecule has 38 heavy (non-hydrogen) atoms. The second-order valence-electron chi connectivity index (χ2n) is 10.4. The van der Waals surface area contributed by atoms with Crippen LogP contribution in [-0.2, 0) is 13.8 Å². The van der Waals surface area contributed by atoms with Crippen LogP contribution in [-0.4, -0.2) is 45.1 Å². The molecule has 0 radical (unpaired) electrons. The molecule has 3 fully saturated rings. The molecular formula is C29H34N3O5P. The van der Waals surface area contributed by atoms with Crippen LogP contribution in [0.25, 0.3) is 0 Å². The molecule has 6 rings (SSSR count). The van der Waals surface area contributed by atoms with Crippen LogP contribution in [0.1, 0.15) is 61.4 Å². The SMILES string of the molecule is CC[C@H]1O[C@@H](n2cc(C)c(=O)[nH]c2=O)C[C@H]1O[P@@]1O[C@H](C(c2ccccc2)c2ccccc2)[C@@H]2CCCN21. The van der Waals surface area contributed by atoms with Crippen LogP contribution < -0.4 is 11.2 Å². The Morgan fingerprint density at radius 2 is 1.76 bits per heavy atom. The smallest absolute Gasteiger partial charge is 0.330 e. The van der Waals surface area contributed by atoms with Crippen LogP contribution in [0, 0.1) is 6.92 Å². The maximum Gasteiger partial charge on any atom is 0.330 e. The van der Waals surface area contributed by atoms with Gasteiger partial charge in [0.05, 0.1) is 18.3 Å². The number of hydrogen-bond acceptors (Lipinski definition) is 6. The Morgan fingerprint density at radius 3 is 2.42 bits per heavy atom. The summed E-state index contributed by atoms with van der Waals surface area (Å²) in [6, 6.07) is 21.5. The van der Waals surface area contributed by atoms with Gasteiger partial charge in [0.25, 0.3) is 14.1 Å². The van der Waals surface area contributed by atoms with Gasteiger partial charge >= 0.3 is 5.69 Å². The van der Waals surface area contributed by atoms with E-state index in [1.807, 2.05) is 0 Å². The molecule has 0 amide bonds. The number of aromatic amines is 1. The molecule has 1 N–H and O–H groups in total. The summed E-state index contributed by atoms with van der Waals surface area (Å²) in [5.74, 6) is 0.108. The van der Waals surface area contributed by atoms with Gasteiger partial charge in [-0.1, -0.05) is 67.6 Å². The van der Waals surface area contributed by atoms with Crippen molar-refractivity contribution in [1.82, 2.24) is 14.2 Å². The van der Waals surface area contributed by atoms with E-state index in [4.69, 9.17) is 13.8 Å². The van der Waals surface area contributed by atoms with Crippen LogP contribution in [0.5, 0.6) is 0 Å². The third kappa shape index (κ3) is 4.80. The summed E-state index contributed by atoms with van der Waals surface area (Å²) >= 11 is 0.